The first-order valence-electron chi connectivity index (χ1n) is 5.25. The van der Waals surface area contributed by atoms with Crippen molar-refractivity contribution in [1.82, 2.24) is 5.32 Å². The molecule has 0 heterocycles. The van der Waals surface area contributed by atoms with Gasteiger partial charge in [-0.1, -0.05) is 29.8 Å². The molecule has 0 spiro atoms. The highest BCUT2D eigenvalue weighted by molar-refractivity contribution is 6.31. The van der Waals surface area contributed by atoms with E-state index in [-0.39, 0.29) is 11.9 Å². The number of alkyl halides is 1. The van der Waals surface area contributed by atoms with E-state index in [2.05, 4.69) is 5.32 Å². The van der Waals surface area contributed by atoms with Gasteiger partial charge >= 0.3 is 0 Å². The molecule has 1 aromatic rings. The van der Waals surface area contributed by atoms with Crippen molar-refractivity contribution in [2.75, 3.05) is 5.88 Å². The number of hydrogen-bond acceptors (Lipinski definition) is 1. The third kappa shape index (κ3) is 4.03. The minimum absolute atomic E-state index is 0.00747. The van der Waals surface area contributed by atoms with Crippen LogP contribution in [0.5, 0.6) is 0 Å². The van der Waals surface area contributed by atoms with Gasteiger partial charge in [0.1, 0.15) is 0 Å². The van der Waals surface area contributed by atoms with E-state index in [0.29, 0.717) is 23.7 Å². The minimum Gasteiger partial charge on any atom is -0.350 e. The highest BCUT2D eigenvalue weighted by Crippen LogP contribution is 2.22. The fraction of sp³-hybridized carbons (Fsp3) is 0.417. The van der Waals surface area contributed by atoms with Crippen LogP contribution in [0.15, 0.2) is 24.3 Å². The van der Waals surface area contributed by atoms with E-state index in [4.69, 9.17) is 23.2 Å². The predicted octanol–water partition coefficient (Wildman–Crippen LogP) is 3.54. The van der Waals surface area contributed by atoms with Crippen molar-refractivity contribution in [3.05, 3.63) is 34.9 Å². The van der Waals surface area contributed by atoms with Crippen molar-refractivity contribution in [2.24, 2.45) is 0 Å². The van der Waals surface area contributed by atoms with Gasteiger partial charge in [-0.25, -0.2) is 0 Å². The Kier molecular flexibility index (Phi) is 5.64. The average Bonchev–Trinajstić information content (AvgIpc) is 2.26. The van der Waals surface area contributed by atoms with Crippen molar-refractivity contribution in [2.45, 2.75) is 25.8 Å². The normalized spacial score (nSPS) is 12.2. The molecule has 1 unspecified atom stereocenters. The summed E-state index contributed by atoms with van der Waals surface area (Å²) in [7, 11) is 0. The van der Waals surface area contributed by atoms with E-state index in [0.717, 1.165) is 5.56 Å². The molecule has 0 saturated carbocycles. The van der Waals surface area contributed by atoms with Crippen LogP contribution in [0, 0.1) is 0 Å². The van der Waals surface area contributed by atoms with E-state index in [1.165, 1.54) is 0 Å². The lowest BCUT2D eigenvalue weighted by molar-refractivity contribution is -0.121. The summed E-state index contributed by atoms with van der Waals surface area (Å²) in [5.41, 5.74) is 0.934. The first-order chi connectivity index (χ1) is 7.65. The number of halogens is 2. The molecule has 4 heteroatoms. The van der Waals surface area contributed by atoms with Gasteiger partial charge in [-0.15, -0.1) is 11.6 Å². The standard InChI is InChI=1S/C12H15Cl2NO/c1-9(15-12(16)7-4-8-13)10-5-2-3-6-11(10)14/h2-3,5-6,9H,4,7-8H2,1H3,(H,15,16). The van der Waals surface area contributed by atoms with Crippen molar-refractivity contribution in [3.63, 3.8) is 0 Å². The lowest BCUT2D eigenvalue weighted by Crippen LogP contribution is -2.26. The van der Waals surface area contributed by atoms with Crippen molar-refractivity contribution in [3.8, 4) is 0 Å². The summed E-state index contributed by atoms with van der Waals surface area (Å²) >= 11 is 11.6. The molecule has 0 saturated heterocycles. The number of rotatable bonds is 5. The van der Waals surface area contributed by atoms with E-state index >= 15 is 0 Å². The summed E-state index contributed by atoms with van der Waals surface area (Å²) in [4.78, 5) is 11.5. The zero-order valence-electron chi connectivity index (χ0n) is 9.17. The predicted molar refractivity (Wildman–Crippen MR) is 68.0 cm³/mol. The smallest absolute Gasteiger partial charge is 0.220 e. The maximum atomic E-state index is 11.5. The molecule has 0 aliphatic carbocycles. The fourth-order valence-corrected chi connectivity index (χ4v) is 1.88. The Hall–Kier alpha value is -0.730. The highest BCUT2D eigenvalue weighted by atomic mass is 35.5. The van der Waals surface area contributed by atoms with Gasteiger partial charge in [-0.3, -0.25) is 4.79 Å². The van der Waals surface area contributed by atoms with Gasteiger partial charge in [0, 0.05) is 17.3 Å². The lowest BCUT2D eigenvalue weighted by atomic mass is 10.1. The average molecular weight is 260 g/mol. The number of hydrogen-bond donors (Lipinski definition) is 1. The van der Waals surface area contributed by atoms with Crippen LogP contribution in [-0.4, -0.2) is 11.8 Å². The van der Waals surface area contributed by atoms with Gasteiger partial charge in [-0.05, 0) is 25.0 Å². The first kappa shape index (κ1) is 13.3. The van der Waals surface area contributed by atoms with E-state index in [1.54, 1.807) is 0 Å². The molecule has 16 heavy (non-hydrogen) atoms. The van der Waals surface area contributed by atoms with Crippen LogP contribution in [0.2, 0.25) is 5.02 Å². The number of nitrogens with one attached hydrogen (secondary N) is 1. The van der Waals surface area contributed by atoms with Crippen LogP contribution in [0.4, 0.5) is 0 Å². The Morgan fingerprint density at radius 1 is 1.44 bits per heavy atom. The second-order valence-corrected chi connectivity index (χ2v) is 4.39. The molecule has 1 N–H and O–H groups in total. The highest BCUT2D eigenvalue weighted by Gasteiger charge is 2.11. The number of carbonyl (C=O) groups is 1. The van der Waals surface area contributed by atoms with Crippen LogP contribution in [0.3, 0.4) is 0 Å². The van der Waals surface area contributed by atoms with Crippen molar-refractivity contribution >= 4 is 29.1 Å². The summed E-state index contributed by atoms with van der Waals surface area (Å²) in [6.07, 6.45) is 1.15. The van der Waals surface area contributed by atoms with E-state index < -0.39 is 0 Å². The molecule has 0 bridgehead atoms. The molecule has 1 aromatic carbocycles. The maximum absolute atomic E-state index is 11.5. The van der Waals surface area contributed by atoms with Crippen LogP contribution < -0.4 is 5.32 Å². The quantitative estimate of drug-likeness (QED) is 0.806. The minimum atomic E-state index is -0.0727. The van der Waals surface area contributed by atoms with Gasteiger partial charge in [0.05, 0.1) is 6.04 Å². The molecular formula is C12H15Cl2NO. The summed E-state index contributed by atoms with van der Waals surface area (Å²) in [5, 5.41) is 3.56. The first-order valence-corrected chi connectivity index (χ1v) is 6.16. The monoisotopic (exact) mass is 259 g/mol. The third-order valence-corrected chi connectivity index (χ3v) is 2.90. The molecule has 0 aromatic heterocycles. The van der Waals surface area contributed by atoms with Gasteiger partial charge in [0.2, 0.25) is 5.91 Å². The molecule has 0 aliphatic heterocycles. The van der Waals surface area contributed by atoms with Crippen LogP contribution in [-0.2, 0) is 4.79 Å². The summed E-state index contributed by atoms with van der Waals surface area (Å²) < 4.78 is 0. The fourth-order valence-electron chi connectivity index (χ4n) is 1.45. The second-order valence-electron chi connectivity index (χ2n) is 3.60. The number of amides is 1. The summed E-state index contributed by atoms with van der Waals surface area (Å²) in [6.45, 7) is 1.92. The second kappa shape index (κ2) is 6.77. The molecule has 0 radical (unpaired) electrons. The van der Waals surface area contributed by atoms with E-state index in [1.807, 2.05) is 31.2 Å². The Morgan fingerprint density at radius 3 is 2.75 bits per heavy atom. The molecular weight excluding hydrogens is 245 g/mol. The van der Waals surface area contributed by atoms with Crippen LogP contribution in [0.25, 0.3) is 0 Å². The van der Waals surface area contributed by atoms with Gasteiger partial charge in [0.25, 0.3) is 0 Å². The molecule has 88 valence electrons. The Balaban J connectivity index is 2.55. The topological polar surface area (TPSA) is 29.1 Å². The largest absolute Gasteiger partial charge is 0.350 e. The van der Waals surface area contributed by atoms with Gasteiger partial charge < -0.3 is 5.32 Å². The Morgan fingerprint density at radius 2 is 2.12 bits per heavy atom. The third-order valence-electron chi connectivity index (χ3n) is 2.29. The van der Waals surface area contributed by atoms with Gasteiger partial charge in [0.15, 0.2) is 0 Å². The van der Waals surface area contributed by atoms with Crippen LogP contribution >= 0.6 is 23.2 Å². The zero-order chi connectivity index (χ0) is 12.0. The molecule has 1 atom stereocenters. The van der Waals surface area contributed by atoms with E-state index in [9.17, 15) is 4.79 Å². The molecule has 0 aliphatic rings. The van der Waals surface area contributed by atoms with Crippen molar-refractivity contribution in [1.29, 1.82) is 0 Å². The molecule has 2 nitrogen and oxygen atoms in total. The zero-order valence-corrected chi connectivity index (χ0v) is 10.7. The molecule has 1 amide bonds. The lowest BCUT2D eigenvalue weighted by Gasteiger charge is -2.15. The number of carbonyl (C=O) groups excluding carboxylic acids is 1. The summed E-state index contributed by atoms with van der Waals surface area (Å²) in [5.74, 6) is 0.515. The van der Waals surface area contributed by atoms with Gasteiger partial charge in [-0.2, -0.15) is 0 Å². The van der Waals surface area contributed by atoms with Crippen LogP contribution in [0.1, 0.15) is 31.4 Å². The SMILES string of the molecule is CC(NC(=O)CCCCl)c1ccccc1Cl. The Labute approximate surface area is 106 Å². The maximum Gasteiger partial charge on any atom is 0.220 e. The Bertz CT molecular complexity index is 355. The number of benzene rings is 1. The summed E-state index contributed by atoms with van der Waals surface area (Å²) in [6, 6.07) is 7.43. The van der Waals surface area contributed by atoms with Crippen molar-refractivity contribution < 1.29 is 4.79 Å². The molecule has 1 rings (SSSR count). The molecule has 0 fully saturated rings.